The highest BCUT2D eigenvalue weighted by atomic mass is 16.5. The molecule has 0 saturated carbocycles. The summed E-state index contributed by atoms with van der Waals surface area (Å²) in [5.74, 6) is 0.130. The van der Waals surface area contributed by atoms with Crippen molar-refractivity contribution in [1.29, 1.82) is 0 Å². The Balaban J connectivity index is 2.01. The summed E-state index contributed by atoms with van der Waals surface area (Å²) in [6, 6.07) is 7.53. The first-order chi connectivity index (χ1) is 8.66. The number of anilines is 1. The normalized spacial score (nSPS) is 20.5. The largest absolute Gasteiger partial charge is 0.398 e. The van der Waals surface area contributed by atoms with Gasteiger partial charge in [-0.15, -0.1) is 0 Å². The maximum atomic E-state index is 12.2. The summed E-state index contributed by atoms with van der Waals surface area (Å²) in [7, 11) is 0. The molecule has 1 unspecified atom stereocenters. The third kappa shape index (κ3) is 3.23. The zero-order valence-corrected chi connectivity index (χ0v) is 10.8. The Morgan fingerprint density at radius 2 is 2.28 bits per heavy atom. The van der Waals surface area contributed by atoms with E-state index in [0.29, 0.717) is 18.7 Å². The molecular formula is C14H20N2O2. The van der Waals surface area contributed by atoms with E-state index in [1.165, 1.54) is 0 Å². The molecule has 1 aromatic carbocycles. The lowest BCUT2D eigenvalue weighted by molar-refractivity contribution is -0.131. The Kier molecular flexibility index (Phi) is 4.20. The van der Waals surface area contributed by atoms with Gasteiger partial charge in [0.1, 0.15) is 0 Å². The zero-order chi connectivity index (χ0) is 13.0. The van der Waals surface area contributed by atoms with Crippen LogP contribution < -0.4 is 5.73 Å². The van der Waals surface area contributed by atoms with Crippen molar-refractivity contribution in [2.24, 2.45) is 0 Å². The molecule has 2 N–H and O–H groups in total. The monoisotopic (exact) mass is 248 g/mol. The number of carbonyl (C=O) groups excluding carboxylic acids is 1. The van der Waals surface area contributed by atoms with Gasteiger partial charge in [0.25, 0.3) is 0 Å². The lowest BCUT2D eigenvalue weighted by Crippen LogP contribution is -2.37. The lowest BCUT2D eigenvalue weighted by Gasteiger charge is -2.22. The molecule has 0 bridgehead atoms. The molecule has 0 aliphatic carbocycles. The van der Waals surface area contributed by atoms with Crippen LogP contribution in [0.3, 0.4) is 0 Å². The summed E-state index contributed by atoms with van der Waals surface area (Å²) >= 11 is 0. The molecule has 1 amide bonds. The Morgan fingerprint density at radius 1 is 1.50 bits per heavy atom. The van der Waals surface area contributed by atoms with Gasteiger partial charge in [-0.1, -0.05) is 18.2 Å². The fourth-order valence-electron chi connectivity index (χ4n) is 2.19. The first kappa shape index (κ1) is 12.9. The summed E-state index contributed by atoms with van der Waals surface area (Å²) in [6.45, 7) is 4.18. The second-order valence-electron chi connectivity index (χ2n) is 4.75. The van der Waals surface area contributed by atoms with Crippen molar-refractivity contribution in [3.63, 3.8) is 0 Å². The molecule has 1 aliphatic heterocycles. The molecule has 4 nitrogen and oxygen atoms in total. The maximum Gasteiger partial charge on any atom is 0.227 e. The number of rotatable bonds is 2. The van der Waals surface area contributed by atoms with Gasteiger partial charge in [-0.2, -0.15) is 0 Å². The molecule has 1 aromatic rings. The van der Waals surface area contributed by atoms with Gasteiger partial charge in [0.05, 0.1) is 12.5 Å². The minimum Gasteiger partial charge on any atom is -0.398 e. The summed E-state index contributed by atoms with van der Waals surface area (Å²) in [5.41, 5.74) is 7.45. The lowest BCUT2D eigenvalue weighted by atomic mass is 10.1. The number of benzene rings is 1. The summed E-state index contributed by atoms with van der Waals surface area (Å²) in [4.78, 5) is 14.1. The van der Waals surface area contributed by atoms with E-state index in [0.717, 1.165) is 25.1 Å². The maximum absolute atomic E-state index is 12.2. The predicted molar refractivity (Wildman–Crippen MR) is 71.2 cm³/mol. The van der Waals surface area contributed by atoms with E-state index >= 15 is 0 Å². The van der Waals surface area contributed by atoms with Gasteiger partial charge in [0, 0.05) is 25.4 Å². The summed E-state index contributed by atoms with van der Waals surface area (Å²) in [6.07, 6.45) is 1.39. The van der Waals surface area contributed by atoms with E-state index in [9.17, 15) is 4.79 Å². The van der Waals surface area contributed by atoms with Gasteiger partial charge in [0.2, 0.25) is 5.91 Å². The SMILES string of the molecule is CC1CN(C(=O)Cc2ccccc2N)CCCO1. The Morgan fingerprint density at radius 3 is 3.06 bits per heavy atom. The summed E-state index contributed by atoms with van der Waals surface area (Å²) < 4.78 is 5.54. The number of hydrogen-bond acceptors (Lipinski definition) is 3. The second-order valence-corrected chi connectivity index (χ2v) is 4.75. The first-order valence-electron chi connectivity index (χ1n) is 6.39. The smallest absolute Gasteiger partial charge is 0.227 e. The van der Waals surface area contributed by atoms with Gasteiger partial charge < -0.3 is 15.4 Å². The van der Waals surface area contributed by atoms with Crippen LogP contribution in [0.15, 0.2) is 24.3 Å². The van der Waals surface area contributed by atoms with Crippen LogP contribution in [0.4, 0.5) is 5.69 Å². The first-order valence-corrected chi connectivity index (χ1v) is 6.39. The standard InChI is InChI=1S/C14H20N2O2/c1-11-10-16(7-4-8-18-11)14(17)9-12-5-2-3-6-13(12)15/h2-3,5-6,11H,4,7-10,15H2,1H3. The number of carbonyl (C=O) groups is 1. The van der Waals surface area contributed by atoms with E-state index < -0.39 is 0 Å². The predicted octanol–water partition coefficient (Wildman–Crippen LogP) is 1.45. The number of nitrogens with two attached hydrogens (primary N) is 1. The van der Waals surface area contributed by atoms with E-state index in [4.69, 9.17) is 10.5 Å². The molecule has 0 radical (unpaired) electrons. The molecule has 1 saturated heterocycles. The number of para-hydroxylation sites is 1. The van der Waals surface area contributed by atoms with Crippen LogP contribution in [0, 0.1) is 0 Å². The van der Waals surface area contributed by atoms with Crippen LogP contribution in [0.1, 0.15) is 18.9 Å². The van der Waals surface area contributed by atoms with E-state index in [2.05, 4.69) is 0 Å². The van der Waals surface area contributed by atoms with E-state index in [1.807, 2.05) is 36.1 Å². The fraction of sp³-hybridized carbons (Fsp3) is 0.500. The van der Waals surface area contributed by atoms with Crippen LogP contribution in [-0.4, -0.2) is 36.6 Å². The minimum absolute atomic E-state index is 0.115. The molecule has 1 heterocycles. The third-order valence-corrected chi connectivity index (χ3v) is 3.20. The van der Waals surface area contributed by atoms with Crippen LogP contribution in [-0.2, 0) is 16.0 Å². The Bertz CT molecular complexity index is 420. The number of nitrogens with zero attached hydrogens (tertiary/aromatic N) is 1. The highest BCUT2D eigenvalue weighted by Crippen LogP contribution is 2.14. The average molecular weight is 248 g/mol. The van der Waals surface area contributed by atoms with E-state index in [1.54, 1.807) is 0 Å². The highest BCUT2D eigenvalue weighted by Gasteiger charge is 2.20. The number of nitrogen functional groups attached to an aromatic ring is 1. The minimum atomic E-state index is 0.115. The Labute approximate surface area is 108 Å². The number of hydrogen-bond donors (Lipinski definition) is 1. The molecule has 1 aliphatic rings. The van der Waals surface area contributed by atoms with Gasteiger partial charge in [-0.3, -0.25) is 4.79 Å². The van der Waals surface area contributed by atoms with Crippen molar-refractivity contribution in [3.8, 4) is 0 Å². The van der Waals surface area contributed by atoms with Crippen LogP contribution in [0.5, 0.6) is 0 Å². The van der Waals surface area contributed by atoms with Crippen molar-refractivity contribution in [3.05, 3.63) is 29.8 Å². The fourth-order valence-corrected chi connectivity index (χ4v) is 2.19. The van der Waals surface area contributed by atoms with Gasteiger partial charge in [-0.25, -0.2) is 0 Å². The molecule has 2 rings (SSSR count). The number of amides is 1. The quantitative estimate of drug-likeness (QED) is 0.806. The molecule has 0 aromatic heterocycles. The van der Waals surface area contributed by atoms with Crippen LogP contribution in [0.25, 0.3) is 0 Å². The molecule has 18 heavy (non-hydrogen) atoms. The molecule has 4 heteroatoms. The van der Waals surface area contributed by atoms with Gasteiger partial charge >= 0.3 is 0 Å². The van der Waals surface area contributed by atoms with Crippen LogP contribution >= 0.6 is 0 Å². The van der Waals surface area contributed by atoms with Crippen molar-refractivity contribution in [2.45, 2.75) is 25.9 Å². The number of ether oxygens (including phenoxy) is 1. The second kappa shape index (κ2) is 5.87. The van der Waals surface area contributed by atoms with Crippen molar-refractivity contribution in [1.82, 2.24) is 4.90 Å². The van der Waals surface area contributed by atoms with Gasteiger partial charge in [0.15, 0.2) is 0 Å². The molecule has 98 valence electrons. The zero-order valence-electron chi connectivity index (χ0n) is 10.8. The third-order valence-electron chi connectivity index (χ3n) is 3.20. The molecular weight excluding hydrogens is 228 g/mol. The van der Waals surface area contributed by atoms with Crippen molar-refractivity contribution in [2.75, 3.05) is 25.4 Å². The van der Waals surface area contributed by atoms with E-state index in [-0.39, 0.29) is 12.0 Å². The molecule has 1 fully saturated rings. The highest BCUT2D eigenvalue weighted by molar-refractivity contribution is 5.80. The van der Waals surface area contributed by atoms with Crippen molar-refractivity contribution < 1.29 is 9.53 Å². The summed E-state index contributed by atoms with van der Waals surface area (Å²) in [5, 5.41) is 0. The molecule has 0 spiro atoms. The average Bonchev–Trinajstić information content (AvgIpc) is 2.57. The van der Waals surface area contributed by atoms with Crippen molar-refractivity contribution >= 4 is 11.6 Å². The Hall–Kier alpha value is -1.55. The van der Waals surface area contributed by atoms with Gasteiger partial charge in [-0.05, 0) is 25.0 Å². The molecule has 1 atom stereocenters. The van der Waals surface area contributed by atoms with Crippen LogP contribution in [0.2, 0.25) is 0 Å². The topological polar surface area (TPSA) is 55.6 Å².